The molecule has 5 heteroatoms. The number of morpholine rings is 1. The van der Waals surface area contributed by atoms with Crippen LogP contribution in [0.1, 0.15) is 25.1 Å². The summed E-state index contributed by atoms with van der Waals surface area (Å²) >= 11 is 0. The maximum Gasteiger partial charge on any atom is 0.258 e. The maximum atomic E-state index is 12.2. The van der Waals surface area contributed by atoms with Crippen LogP contribution in [0.2, 0.25) is 0 Å². The number of aromatic nitrogens is 2. The first-order valence-corrected chi connectivity index (χ1v) is 7.38. The van der Waals surface area contributed by atoms with Gasteiger partial charge in [0.2, 0.25) is 0 Å². The minimum absolute atomic E-state index is 0.0203. The van der Waals surface area contributed by atoms with Crippen LogP contribution in [-0.4, -0.2) is 39.6 Å². The molecule has 112 valence electrons. The minimum atomic E-state index is -0.0203. The molecule has 2 atom stereocenters. The monoisotopic (exact) mass is 287 g/mol. The molecule has 1 aliphatic heterocycles. The van der Waals surface area contributed by atoms with Crippen LogP contribution in [0.15, 0.2) is 29.2 Å². The number of rotatable bonds is 2. The second-order valence-electron chi connectivity index (χ2n) is 5.97. The number of hydrogen-bond acceptors (Lipinski definition) is 4. The van der Waals surface area contributed by atoms with Gasteiger partial charge in [0.1, 0.15) is 5.65 Å². The first-order chi connectivity index (χ1) is 10.0. The van der Waals surface area contributed by atoms with Crippen molar-refractivity contribution in [3.05, 3.63) is 46.0 Å². The summed E-state index contributed by atoms with van der Waals surface area (Å²) in [5.41, 5.74) is 2.56. The number of aryl methyl sites for hydroxylation is 1. The van der Waals surface area contributed by atoms with E-state index in [-0.39, 0.29) is 17.8 Å². The fourth-order valence-corrected chi connectivity index (χ4v) is 2.98. The van der Waals surface area contributed by atoms with Crippen LogP contribution in [0.4, 0.5) is 0 Å². The first-order valence-electron chi connectivity index (χ1n) is 7.38. The summed E-state index contributed by atoms with van der Waals surface area (Å²) in [5.74, 6) is 0. The standard InChI is InChI=1S/C16H21N3O2/c1-11-4-5-15-17-14(6-16(20)19(15)7-11)10-18-8-12(2)21-13(3)9-18/h4-7,12-13H,8-10H2,1-3H3/t12-,13+. The molecule has 0 radical (unpaired) electrons. The molecule has 0 saturated carbocycles. The number of hydrogen-bond donors (Lipinski definition) is 0. The summed E-state index contributed by atoms with van der Waals surface area (Å²) < 4.78 is 7.33. The Balaban J connectivity index is 1.87. The number of fused-ring (bicyclic) bond motifs is 1. The normalized spacial score (nSPS) is 23.6. The molecule has 2 aromatic heterocycles. The molecule has 1 fully saturated rings. The van der Waals surface area contributed by atoms with Crippen LogP contribution in [0, 0.1) is 6.92 Å². The quantitative estimate of drug-likeness (QED) is 0.842. The van der Waals surface area contributed by atoms with Crippen LogP contribution in [0.3, 0.4) is 0 Å². The summed E-state index contributed by atoms with van der Waals surface area (Å²) in [6, 6.07) is 5.51. The Kier molecular flexibility index (Phi) is 3.78. The number of ether oxygens (including phenoxy) is 1. The van der Waals surface area contributed by atoms with Crippen molar-refractivity contribution in [1.29, 1.82) is 0 Å². The van der Waals surface area contributed by atoms with Gasteiger partial charge in [0, 0.05) is 31.9 Å². The summed E-state index contributed by atoms with van der Waals surface area (Å²) in [6.07, 6.45) is 2.27. The summed E-state index contributed by atoms with van der Waals surface area (Å²) in [5, 5.41) is 0. The lowest BCUT2D eigenvalue weighted by Gasteiger charge is -2.35. The third-order valence-electron chi connectivity index (χ3n) is 3.74. The van der Waals surface area contributed by atoms with Crippen LogP contribution < -0.4 is 5.56 Å². The molecular weight excluding hydrogens is 266 g/mol. The molecule has 0 aliphatic carbocycles. The minimum Gasteiger partial charge on any atom is -0.373 e. The molecular formula is C16H21N3O2. The molecule has 0 amide bonds. The molecule has 2 aromatic rings. The topological polar surface area (TPSA) is 46.8 Å². The lowest BCUT2D eigenvalue weighted by molar-refractivity contribution is -0.0707. The fourth-order valence-electron chi connectivity index (χ4n) is 2.98. The van der Waals surface area contributed by atoms with Crippen molar-refractivity contribution >= 4 is 5.65 Å². The van der Waals surface area contributed by atoms with Gasteiger partial charge in [-0.2, -0.15) is 0 Å². The third kappa shape index (κ3) is 3.14. The Morgan fingerprint density at radius 2 is 2.00 bits per heavy atom. The Morgan fingerprint density at radius 1 is 1.29 bits per heavy atom. The zero-order valence-electron chi connectivity index (χ0n) is 12.7. The van der Waals surface area contributed by atoms with Crippen LogP contribution in [-0.2, 0) is 11.3 Å². The van der Waals surface area contributed by atoms with Gasteiger partial charge in [0.05, 0.1) is 17.9 Å². The van der Waals surface area contributed by atoms with Crippen molar-refractivity contribution in [2.45, 2.75) is 39.5 Å². The van der Waals surface area contributed by atoms with Crippen LogP contribution >= 0.6 is 0 Å². The Morgan fingerprint density at radius 3 is 2.71 bits per heavy atom. The Hall–Kier alpha value is -1.72. The highest BCUT2D eigenvalue weighted by atomic mass is 16.5. The van der Waals surface area contributed by atoms with Crippen molar-refractivity contribution < 1.29 is 4.74 Å². The van der Waals surface area contributed by atoms with Gasteiger partial charge in [-0.05, 0) is 32.4 Å². The van der Waals surface area contributed by atoms with Gasteiger partial charge in [-0.25, -0.2) is 4.98 Å². The fraction of sp³-hybridized carbons (Fsp3) is 0.500. The molecule has 21 heavy (non-hydrogen) atoms. The van der Waals surface area contributed by atoms with Gasteiger partial charge in [-0.1, -0.05) is 6.07 Å². The maximum absolute atomic E-state index is 12.2. The van der Waals surface area contributed by atoms with E-state index in [1.54, 1.807) is 10.5 Å². The molecule has 0 spiro atoms. The van der Waals surface area contributed by atoms with E-state index in [1.807, 2.05) is 25.3 Å². The molecule has 3 rings (SSSR count). The molecule has 0 unspecified atom stereocenters. The highest BCUT2D eigenvalue weighted by Gasteiger charge is 2.22. The molecule has 0 bridgehead atoms. The van der Waals surface area contributed by atoms with E-state index in [4.69, 9.17) is 4.74 Å². The zero-order chi connectivity index (χ0) is 15.0. The predicted molar refractivity (Wildman–Crippen MR) is 81.5 cm³/mol. The van der Waals surface area contributed by atoms with Crippen molar-refractivity contribution in [2.24, 2.45) is 0 Å². The van der Waals surface area contributed by atoms with E-state index in [2.05, 4.69) is 23.7 Å². The van der Waals surface area contributed by atoms with Crippen molar-refractivity contribution in [3.8, 4) is 0 Å². The summed E-state index contributed by atoms with van der Waals surface area (Å²) in [7, 11) is 0. The van der Waals surface area contributed by atoms with Gasteiger partial charge in [-0.15, -0.1) is 0 Å². The predicted octanol–water partition coefficient (Wildman–Crippen LogP) is 1.61. The van der Waals surface area contributed by atoms with Gasteiger partial charge in [0.25, 0.3) is 5.56 Å². The largest absolute Gasteiger partial charge is 0.373 e. The Bertz CT molecular complexity index is 700. The van der Waals surface area contributed by atoms with Crippen LogP contribution in [0.5, 0.6) is 0 Å². The average molecular weight is 287 g/mol. The first kappa shape index (κ1) is 14.2. The van der Waals surface area contributed by atoms with Crippen LogP contribution in [0.25, 0.3) is 5.65 Å². The highest BCUT2D eigenvalue weighted by molar-refractivity contribution is 5.39. The third-order valence-corrected chi connectivity index (χ3v) is 3.74. The smallest absolute Gasteiger partial charge is 0.258 e. The van der Waals surface area contributed by atoms with E-state index in [1.165, 1.54) is 0 Å². The number of nitrogens with zero attached hydrogens (tertiary/aromatic N) is 3. The molecule has 5 nitrogen and oxygen atoms in total. The lowest BCUT2D eigenvalue weighted by atomic mass is 10.2. The lowest BCUT2D eigenvalue weighted by Crippen LogP contribution is -2.45. The van der Waals surface area contributed by atoms with E-state index >= 15 is 0 Å². The summed E-state index contributed by atoms with van der Waals surface area (Å²) in [6.45, 7) is 8.56. The average Bonchev–Trinajstić information content (AvgIpc) is 2.38. The molecule has 1 aliphatic rings. The Labute approximate surface area is 124 Å². The van der Waals surface area contributed by atoms with E-state index < -0.39 is 0 Å². The van der Waals surface area contributed by atoms with Crippen molar-refractivity contribution in [3.63, 3.8) is 0 Å². The summed E-state index contributed by atoms with van der Waals surface area (Å²) in [4.78, 5) is 19.1. The van der Waals surface area contributed by atoms with Gasteiger partial charge in [-0.3, -0.25) is 14.1 Å². The van der Waals surface area contributed by atoms with Gasteiger partial charge >= 0.3 is 0 Å². The van der Waals surface area contributed by atoms with E-state index in [0.717, 1.165) is 24.3 Å². The molecule has 3 heterocycles. The SMILES string of the molecule is Cc1ccc2nc(CN3C[C@@H](C)O[C@@H](C)C3)cc(=O)n2c1. The molecule has 0 aromatic carbocycles. The second-order valence-corrected chi connectivity index (χ2v) is 5.97. The van der Waals surface area contributed by atoms with E-state index in [9.17, 15) is 4.79 Å². The van der Waals surface area contributed by atoms with E-state index in [0.29, 0.717) is 12.2 Å². The van der Waals surface area contributed by atoms with Crippen molar-refractivity contribution in [1.82, 2.24) is 14.3 Å². The van der Waals surface area contributed by atoms with Gasteiger partial charge in [0.15, 0.2) is 0 Å². The molecule has 0 N–H and O–H groups in total. The molecule has 1 saturated heterocycles. The second kappa shape index (κ2) is 5.58. The number of pyridine rings is 1. The zero-order valence-corrected chi connectivity index (χ0v) is 12.7. The highest BCUT2D eigenvalue weighted by Crippen LogP contribution is 2.13. The van der Waals surface area contributed by atoms with Crippen molar-refractivity contribution in [2.75, 3.05) is 13.1 Å². The van der Waals surface area contributed by atoms with Gasteiger partial charge < -0.3 is 4.74 Å².